The maximum Gasteiger partial charge on any atom is 0.258 e. The van der Waals surface area contributed by atoms with E-state index in [1.165, 1.54) is 6.20 Å². The number of hydrogen-bond donors (Lipinski definition) is 1. The van der Waals surface area contributed by atoms with E-state index in [1.54, 1.807) is 48.7 Å². The number of nitrogens with two attached hydrogens (primary N) is 1. The second-order valence-electron chi connectivity index (χ2n) is 9.01. The Morgan fingerprint density at radius 3 is 2.54 bits per heavy atom. The molecule has 1 spiro atoms. The molecule has 3 aromatic heterocycles. The van der Waals surface area contributed by atoms with Gasteiger partial charge in [-0.2, -0.15) is 13.8 Å². The second kappa shape index (κ2) is 8.04. The SMILES string of the molecule is NC1=NC2(c3cc(-c4cccnc4F)ccc3Oc3c2cc(N2CCOCC2)nc3F)c2cccnc21. The molecule has 1 saturated heterocycles. The van der Waals surface area contributed by atoms with Crippen LogP contribution in [0.4, 0.5) is 14.6 Å². The Bertz CT molecular complexity index is 1600. The Hall–Kier alpha value is -4.44. The largest absolute Gasteiger partial charge is 0.452 e. The summed E-state index contributed by atoms with van der Waals surface area (Å²) in [6.07, 6.45) is 3.03. The number of fused-ring (bicyclic) bond motifs is 6. The highest BCUT2D eigenvalue weighted by Crippen LogP contribution is 2.56. The van der Waals surface area contributed by atoms with E-state index in [2.05, 4.69) is 15.0 Å². The Kier molecular flexibility index (Phi) is 4.74. The molecule has 1 fully saturated rings. The molecular formula is C27H20F2N6O2. The maximum atomic E-state index is 15.6. The van der Waals surface area contributed by atoms with Crippen LogP contribution in [0.3, 0.4) is 0 Å². The van der Waals surface area contributed by atoms with Crippen LogP contribution in [-0.4, -0.2) is 47.1 Å². The van der Waals surface area contributed by atoms with Gasteiger partial charge in [0.05, 0.1) is 13.2 Å². The smallest absolute Gasteiger partial charge is 0.258 e. The summed E-state index contributed by atoms with van der Waals surface area (Å²) in [5, 5.41) is 0. The average Bonchev–Trinajstić information content (AvgIpc) is 3.23. The number of pyridine rings is 3. The van der Waals surface area contributed by atoms with Gasteiger partial charge in [-0.1, -0.05) is 12.1 Å². The second-order valence-corrected chi connectivity index (χ2v) is 9.01. The van der Waals surface area contributed by atoms with Crippen LogP contribution < -0.4 is 15.4 Å². The molecule has 184 valence electrons. The molecule has 0 aliphatic carbocycles. The van der Waals surface area contributed by atoms with Crippen LogP contribution in [0.15, 0.2) is 65.9 Å². The highest BCUT2D eigenvalue weighted by atomic mass is 19.1. The summed E-state index contributed by atoms with van der Waals surface area (Å²) < 4.78 is 41.8. The number of anilines is 1. The van der Waals surface area contributed by atoms with Gasteiger partial charge in [-0.25, -0.2) is 9.98 Å². The molecule has 1 aromatic carbocycles. The standard InChI is InChI=1S/C27H20F2N6O2/c28-24-16(3-1-8-32-24)15-5-6-20-18(13-15)27(17-4-2-7-31-22(17)26(30)34-27)19-14-21(33-25(29)23(19)37-20)35-9-11-36-12-10-35/h1-8,13-14H,9-12H2,(H2,30,34). The molecule has 0 amide bonds. The van der Waals surface area contributed by atoms with Gasteiger partial charge in [0, 0.05) is 47.7 Å². The first-order chi connectivity index (χ1) is 18.1. The van der Waals surface area contributed by atoms with Crippen molar-refractivity contribution in [2.75, 3.05) is 31.2 Å². The van der Waals surface area contributed by atoms with Crippen LogP contribution in [0.5, 0.6) is 11.5 Å². The van der Waals surface area contributed by atoms with Crippen LogP contribution >= 0.6 is 0 Å². The fourth-order valence-electron chi connectivity index (χ4n) is 5.34. The van der Waals surface area contributed by atoms with Crippen molar-refractivity contribution in [3.8, 4) is 22.6 Å². The Morgan fingerprint density at radius 2 is 1.70 bits per heavy atom. The molecule has 0 radical (unpaired) electrons. The Morgan fingerprint density at radius 1 is 0.892 bits per heavy atom. The minimum absolute atomic E-state index is 0.0296. The van der Waals surface area contributed by atoms with Crippen LogP contribution in [0, 0.1) is 11.9 Å². The molecule has 4 aromatic rings. The highest BCUT2D eigenvalue weighted by molar-refractivity contribution is 6.02. The van der Waals surface area contributed by atoms with E-state index in [0.29, 0.717) is 71.4 Å². The normalized spacial score (nSPS) is 19.6. The van der Waals surface area contributed by atoms with Gasteiger partial charge in [-0.15, -0.1) is 0 Å². The monoisotopic (exact) mass is 498 g/mol. The van der Waals surface area contributed by atoms with Gasteiger partial charge in [0.15, 0.2) is 5.75 Å². The fourth-order valence-corrected chi connectivity index (χ4v) is 5.34. The molecule has 7 rings (SSSR count). The number of ether oxygens (including phenoxy) is 2. The van der Waals surface area contributed by atoms with Crippen molar-refractivity contribution >= 4 is 11.7 Å². The van der Waals surface area contributed by atoms with Gasteiger partial charge in [-0.3, -0.25) is 4.98 Å². The number of morpholine rings is 1. The fraction of sp³-hybridized carbons (Fsp3) is 0.185. The number of halogens is 2. The molecule has 3 aliphatic heterocycles. The zero-order valence-corrected chi connectivity index (χ0v) is 19.5. The van der Waals surface area contributed by atoms with Crippen molar-refractivity contribution < 1.29 is 18.3 Å². The van der Waals surface area contributed by atoms with Crippen molar-refractivity contribution in [3.05, 3.63) is 95.2 Å². The lowest BCUT2D eigenvalue weighted by Gasteiger charge is -2.37. The molecule has 1 atom stereocenters. The summed E-state index contributed by atoms with van der Waals surface area (Å²) in [5.41, 5.74) is 8.25. The molecule has 0 bridgehead atoms. The minimum Gasteiger partial charge on any atom is -0.452 e. The number of nitrogens with zero attached hydrogens (tertiary/aromatic N) is 5. The number of amidine groups is 1. The lowest BCUT2D eigenvalue weighted by Crippen LogP contribution is -2.38. The molecule has 6 heterocycles. The first kappa shape index (κ1) is 21.8. The molecule has 37 heavy (non-hydrogen) atoms. The van der Waals surface area contributed by atoms with Gasteiger partial charge >= 0.3 is 0 Å². The van der Waals surface area contributed by atoms with E-state index in [0.717, 1.165) is 0 Å². The Labute approximate surface area is 210 Å². The number of aliphatic imine (C=N–C) groups is 1. The number of hydrogen-bond acceptors (Lipinski definition) is 8. The van der Waals surface area contributed by atoms with E-state index in [9.17, 15) is 4.39 Å². The van der Waals surface area contributed by atoms with E-state index in [4.69, 9.17) is 20.2 Å². The molecule has 2 N–H and O–H groups in total. The summed E-state index contributed by atoms with van der Waals surface area (Å²) in [5.74, 6) is -0.344. The van der Waals surface area contributed by atoms with Gasteiger partial charge in [0.25, 0.3) is 5.95 Å². The number of benzene rings is 1. The molecule has 0 saturated carbocycles. The maximum absolute atomic E-state index is 15.6. The topological polar surface area (TPSA) is 98.8 Å². The first-order valence-electron chi connectivity index (χ1n) is 11.8. The number of aromatic nitrogens is 3. The van der Waals surface area contributed by atoms with Crippen molar-refractivity contribution in [2.24, 2.45) is 10.7 Å². The molecule has 10 heteroatoms. The Balaban J connectivity index is 1.52. The van der Waals surface area contributed by atoms with Crippen molar-refractivity contribution in [3.63, 3.8) is 0 Å². The van der Waals surface area contributed by atoms with E-state index < -0.39 is 17.4 Å². The molecule has 8 nitrogen and oxygen atoms in total. The zero-order chi connectivity index (χ0) is 25.1. The van der Waals surface area contributed by atoms with Crippen molar-refractivity contribution in [1.29, 1.82) is 0 Å². The summed E-state index contributed by atoms with van der Waals surface area (Å²) in [6, 6.07) is 13.9. The highest BCUT2D eigenvalue weighted by Gasteiger charge is 2.51. The number of rotatable bonds is 2. The quantitative estimate of drug-likeness (QED) is 0.420. The third-order valence-corrected chi connectivity index (χ3v) is 7.02. The van der Waals surface area contributed by atoms with Gasteiger partial charge in [-0.05, 0) is 42.0 Å². The molecule has 3 aliphatic rings. The van der Waals surface area contributed by atoms with E-state index in [-0.39, 0.29) is 11.6 Å². The summed E-state index contributed by atoms with van der Waals surface area (Å²) in [4.78, 5) is 19.3. The van der Waals surface area contributed by atoms with Gasteiger partial charge < -0.3 is 20.1 Å². The summed E-state index contributed by atoms with van der Waals surface area (Å²) in [6.45, 7) is 2.18. The summed E-state index contributed by atoms with van der Waals surface area (Å²) in [7, 11) is 0. The third-order valence-electron chi connectivity index (χ3n) is 7.02. The van der Waals surface area contributed by atoms with Crippen molar-refractivity contribution in [1.82, 2.24) is 15.0 Å². The minimum atomic E-state index is -1.27. The molecule has 1 unspecified atom stereocenters. The van der Waals surface area contributed by atoms with E-state index >= 15 is 4.39 Å². The average molecular weight is 498 g/mol. The predicted molar refractivity (Wildman–Crippen MR) is 132 cm³/mol. The van der Waals surface area contributed by atoms with E-state index in [1.807, 2.05) is 11.0 Å². The molecular weight excluding hydrogens is 478 g/mol. The van der Waals surface area contributed by atoms with Crippen LogP contribution in [0.25, 0.3) is 11.1 Å². The van der Waals surface area contributed by atoms with Crippen LogP contribution in [-0.2, 0) is 10.3 Å². The summed E-state index contributed by atoms with van der Waals surface area (Å²) >= 11 is 0. The van der Waals surface area contributed by atoms with Crippen molar-refractivity contribution in [2.45, 2.75) is 5.54 Å². The predicted octanol–water partition coefficient (Wildman–Crippen LogP) is 3.77. The van der Waals surface area contributed by atoms with Gasteiger partial charge in [0.2, 0.25) is 5.95 Å². The van der Waals surface area contributed by atoms with Gasteiger partial charge in [0.1, 0.15) is 28.6 Å². The zero-order valence-electron chi connectivity index (χ0n) is 19.5. The lowest BCUT2D eigenvalue weighted by molar-refractivity contribution is 0.122. The van der Waals surface area contributed by atoms with Crippen LogP contribution in [0.1, 0.15) is 22.4 Å². The third kappa shape index (κ3) is 3.15. The first-order valence-corrected chi connectivity index (χ1v) is 11.8. The van der Waals surface area contributed by atoms with Crippen LogP contribution in [0.2, 0.25) is 0 Å². The lowest BCUT2D eigenvalue weighted by atomic mass is 9.75.